The molecule has 0 saturated carbocycles. The Morgan fingerprint density at radius 1 is 1.00 bits per heavy atom. The molecule has 0 fully saturated rings. The van der Waals surface area contributed by atoms with E-state index in [4.69, 9.17) is 4.74 Å². The zero-order chi connectivity index (χ0) is 22.6. The molecule has 1 aromatic heterocycles. The van der Waals surface area contributed by atoms with Crippen LogP contribution in [-0.2, 0) is 4.79 Å². The number of hydrogen-bond acceptors (Lipinski definition) is 6. The summed E-state index contributed by atoms with van der Waals surface area (Å²) in [5.41, 5.74) is 6.17. The number of thioether (sulfide) groups is 1. The van der Waals surface area contributed by atoms with Gasteiger partial charge in [-0.05, 0) is 36.8 Å². The Labute approximate surface area is 196 Å². The van der Waals surface area contributed by atoms with Crippen LogP contribution < -0.4 is 15.5 Å². The van der Waals surface area contributed by atoms with Crippen LogP contribution in [0.3, 0.4) is 0 Å². The van der Waals surface area contributed by atoms with E-state index in [1.165, 1.54) is 11.8 Å². The molecule has 1 amide bonds. The highest BCUT2D eigenvalue weighted by molar-refractivity contribution is 8.00. The third-order valence-electron chi connectivity index (χ3n) is 5.32. The lowest BCUT2D eigenvalue weighted by molar-refractivity contribution is -0.116. The lowest BCUT2D eigenvalue weighted by Gasteiger charge is -2.33. The average molecular weight is 458 g/mol. The summed E-state index contributed by atoms with van der Waals surface area (Å²) in [6, 6.07) is 27.0. The van der Waals surface area contributed by atoms with Gasteiger partial charge < -0.3 is 15.5 Å². The minimum Gasteiger partial charge on any atom is -0.494 e. The molecule has 166 valence electrons. The number of benzene rings is 3. The molecule has 5 rings (SSSR count). The number of aromatic nitrogens is 3. The summed E-state index contributed by atoms with van der Waals surface area (Å²) in [6.45, 7) is 2.54. The number of fused-ring (bicyclic) bond motifs is 1. The molecular formula is C25H23N5O2S. The summed E-state index contributed by atoms with van der Waals surface area (Å²) in [5, 5.41) is 12.0. The van der Waals surface area contributed by atoms with Gasteiger partial charge in [0.2, 0.25) is 11.1 Å². The van der Waals surface area contributed by atoms with Crippen molar-refractivity contribution in [3.8, 4) is 17.1 Å². The maximum absolute atomic E-state index is 13.4. The van der Waals surface area contributed by atoms with Crippen molar-refractivity contribution >= 4 is 23.4 Å². The van der Waals surface area contributed by atoms with Gasteiger partial charge in [0.1, 0.15) is 11.0 Å². The maximum Gasteiger partial charge on any atom is 0.240 e. The summed E-state index contributed by atoms with van der Waals surface area (Å²) in [6.07, 6.45) is 0. The summed E-state index contributed by atoms with van der Waals surface area (Å²) in [5.74, 6) is 1.37. The van der Waals surface area contributed by atoms with Crippen LogP contribution in [-0.4, -0.2) is 32.6 Å². The number of amides is 1. The van der Waals surface area contributed by atoms with E-state index in [-0.39, 0.29) is 11.9 Å². The van der Waals surface area contributed by atoms with E-state index in [2.05, 4.69) is 20.9 Å². The van der Waals surface area contributed by atoms with Gasteiger partial charge in [0, 0.05) is 11.3 Å². The second-order valence-corrected chi connectivity index (χ2v) is 8.62. The maximum atomic E-state index is 13.4. The number of carbonyl (C=O) groups is 1. The highest BCUT2D eigenvalue weighted by atomic mass is 32.2. The number of anilines is 1. The van der Waals surface area contributed by atoms with Gasteiger partial charge in [-0.1, -0.05) is 72.4 Å². The summed E-state index contributed by atoms with van der Waals surface area (Å²) >= 11 is 1.40. The summed E-state index contributed by atoms with van der Waals surface area (Å²) < 4.78 is 7.36. The molecule has 1 aliphatic rings. The number of nitrogens with one attached hydrogen (secondary N) is 2. The van der Waals surface area contributed by atoms with Crippen LogP contribution in [0.25, 0.3) is 11.4 Å². The van der Waals surface area contributed by atoms with Crippen LogP contribution in [0.4, 0.5) is 5.69 Å². The van der Waals surface area contributed by atoms with Crippen molar-refractivity contribution in [1.29, 1.82) is 0 Å². The van der Waals surface area contributed by atoms with Gasteiger partial charge in [0.15, 0.2) is 5.82 Å². The van der Waals surface area contributed by atoms with Crippen molar-refractivity contribution in [2.75, 3.05) is 17.3 Å². The monoisotopic (exact) mass is 457 g/mol. The standard InChI is InChI=1S/C25H23N5O2S/c1-2-32-20-15-13-19(14-16-20)26-24(31)22-21(17-9-5-3-6-10-17)29-30-23(27-28-25(30)33-22)18-11-7-4-8-12-18/h3-16,21-22,29H,2H2,1H3,(H,26,31)/t21-,22+/m0/s1. The Morgan fingerprint density at radius 3 is 2.39 bits per heavy atom. The van der Waals surface area contributed by atoms with Gasteiger partial charge in [0.05, 0.1) is 12.6 Å². The second-order valence-electron chi connectivity index (χ2n) is 7.51. The van der Waals surface area contributed by atoms with Crippen molar-refractivity contribution in [2.45, 2.75) is 23.4 Å². The van der Waals surface area contributed by atoms with Crippen LogP contribution >= 0.6 is 11.8 Å². The van der Waals surface area contributed by atoms with Crippen LogP contribution in [0, 0.1) is 0 Å². The molecule has 8 heteroatoms. The minimum atomic E-state index is -0.445. The average Bonchev–Trinajstić information content (AvgIpc) is 3.29. The van der Waals surface area contributed by atoms with Crippen molar-refractivity contribution < 1.29 is 9.53 Å². The van der Waals surface area contributed by atoms with E-state index in [0.29, 0.717) is 23.3 Å². The normalized spacial score (nSPS) is 17.0. The molecule has 0 saturated heterocycles. The highest BCUT2D eigenvalue weighted by Gasteiger charge is 2.38. The molecular weight excluding hydrogens is 434 g/mol. The smallest absolute Gasteiger partial charge is 0.240 e. The lowest BCUT2D eigenvalue weighted by Crippen LogP contribution is -2.41. The number of rotatable bonds is 6. The quantitative estimate of drug-likeness (QED) is 0.435. The molecule has 2 heterocycles. The summed E-state index contributed by atoms with van der Waals surface area (Å²) in [4.78, 5) is 13.4. The van der Waals surface area contributed by atoms with Gasteiger partial charge in [-0.2, -0.15) is 0 Å². The third-order valence-corrected chi connectivity index (χ3v) is 6.53. The van der Waals surface area contributed by atoms with Crippen LogP contribution in [0.5, 0.6) is 5.75 Å². The number of ether oxygens (including phenoxy) is 1. The first-order valence-corrected chi connectivity index (χ1v) is 11.6. The predicted molar refractivity (Wildman–Crippen MR) is 130 cm³/mol. The Balaban J connectivity index is 1.45. The fourth-order valence-electron chi connectivity index (χ4n) is 3.75. The van der Waals surface area contributed by atoms with Crippen molar-refractivity contribution in [1.82, 2.24) is 14.9 Å². The number of carbonyl (C=O) groups excluding carboxylic acids is 1. The predicted octanol–water partition coefficient (Wildman–Crippen LogP) is 4.74. The summed E-state index contributed by atoms with van der Waals surface area (Å²) in [7, 11) is 0. The van der Waals surface area contributed by atoms with E-state index in [1.807, 2.05) is 96.5 Å². The van der Waals surface area contributed by atoms with Crippen LogP contribution in [0.15, 0.2) is 90.1 Å². The van der Waals surface area contributed by atoms with Crippen LogP contribution in [0.1, 0.15) is 18.5 Å². The molecule has 0 radical (unpaired) electrons. The Hall–Kier alpha value is -3.78. The number of hydrogen-bond donors (Lipinski definition) is 2. The molecule has 7 nitrogen and oxygen atoms in total. The van der Waals surface area contributed by atoms with Gasteiger partial charge in [-0.15, -0.1) is 10.2 Å². The first kappa shape index (κ1) is 21.1. The molecule has 0 spiro atoms. The third kappa shape index (κ3) is 4.42. The van der Waals surface area contributed by atoms with Crippen LogP contribution in [0.2, 0.25) is 0 Å². The van der Waals surface area contributed by atoms with E-state index in [1.54, 1.807) is 0 Å². The second kappa shape index (κ2) is 9.38. The minimum absolute atomic E-state index is 0.110. The zero-order valence-electron chi connectivity index (χ0n) is 18.0. The molecule has 0 unspecified atom stereocenters. The molecule has 2 atom stereocenters. The fourth-order valence-corrected chi connectivity index (χ4v) is 4.83. The Morgan fingerprint density at radius 2 is 1.70 bits per heavy atom. The van der Waals surface area contributed by atoms with Gasteiger partial charge in [-0.3, -0.25) is 4.79 Å². The molecule has 2 N–H and O–H groups in total. The van der Waals surface area contributed by atoms with Gasteiger partial charge in [-0.25, -0.2) is 4.68 Å². The van der Waals surface area contributed by atoms with Crippen molar-refractivity contribution in [3.63, 3.8) is 0 Å². The fraction of sp³-hybridized carbons (Fsp3) is 0.160. The Bertz CT molecular complexity index is 1230. The van der Waals surface area contributed by atoms with Gasteiger partial charge >= 0.3 is 0 Å². The lowest BCUT2D eigenvalue weighted by atomic mass is 10.0. The van der Waals surface area contributed by atoms with E-state index < -0.39 is 5.25 Å². The topological polar surface area (TPSA) is 81.1 Å². The van der Waals surface area contributed by atoms with E-state index in [0.717, 1.165) is 16.9 Å². The molecule has 4 aromatic rings. The Kier molecular flexibility index (Phi) is 5.99. The zero-order valence-corrected chi connectivity index (χ0v) is 18.8. The molecule has 3 aromatic carbocycles. The van der Waals surface area contributed by atoms with E-state index >= 15 is 0 Å². The first-order chi connectivity index (χ1) is 16.2. The first-order valence-electron chi connectivity index (χ1n) is 10.8. The SMILES string of the molecule is CCOc1ccc(NC(=O)[C@@H]2Sc3nnc(-c4ccccc4)n3N[C@H]2c2ccccc2)cc1. The van der Waals surface area contributed by atoms with Crippen molar-refractivity contribution in [2.24, 2.45) is 0 Å². The molecule has 0 bridgehead atoms. The van der Waals surface area contributed by atoms with E-state index in [9.17, 15) is 4.79 Å². The van der Waals surface area contributed by atoms with Gasteiger partial charge in [0.25, 0.3) is 0 Å². The highest BCUT2D eigenvalue weighted by Crippen LogP contribution is 2.39. The number of nitrogens with zero attached hydrogens (tertiary/aromatic N) is 3. The molecule has 0 aliphatic carbocycles. The van der Waals surface area contributed by atoms with Crippen molar-refractivity contribution in [3.05, 3.63) is 90.5 Å². The molecule has 1 aliphatic heterocycles. The molecule has 33 heavy (non-hydrogen) atoms. The largest absolute Gasteiger partial charge is 0.494 e.